The zero-order valence-corrected chi connectivity index (χ0v) is 17.8. The van der Waals surface area contributed by atoms with Crippen molar-refractivity contribution >= 4 is 23.2 Å². The van der Waals surface area contributed by atoms with Crippen molar-refractivity contribution in [2.24, 2.45) is 5.10 Å². The Hall–Kier alpha value is -2.41. The molecule has 0 saturated carbocycles. The van der Waals surface area contributed by atoms with E-state index in [2.05, 4.69) is 16.6 Å². The van der Waals surface area contributed by atoms with Crippen molar-refractivity contribution in [3.63, 3.8) is 0 Å². The van der Waals surface area contributed by atoms with E-state index < -0.39 is 0 Å². The molecule has 0 spiro atoms. The summed E-state index contributed by atoms with van der Waals surface area (Å²) >= 11 is 6.27. The van der Waals surface area contributed by atoms with E-state index in [1.54, 1.807) is 7.11 Å². The molecule has 1 heterocycles. The number of amides is 1. The predicted octanol–water partition coefficient (Wildman–Crippen LogP) is 0.172. The van der Waals surface area contributed by atoms with Crippen molar-refractivity contribution in [1.29, 1.82) is 0 Å². The molecule has 0 bridgehead atoms. The number of methoxy groups -OCH3 is 1. The van der Waals surface area contributed by atoms with E-state index in [0.29, 0.717) is 6.54 Å². The Morgan fingerprint density at radius 3 is 2.55 bits per heavy atom. The maximum atomic E-state index is 12.3. The first-order valence-corrected chi connectivity index (χ1v) is 10.3. The fourth-order valence-electron chi connectivity index (χ4n) is 3.55. The number of carbonyl (C=O) groups is 1. The van der Waals surface area contributed by atoms with Crippen LogP contribution < -0.4 is 20.0 Å². The van der Waals surface area contributed by atoms with Gasteiger partial charge in [-0.1, -0.05) is 41.9 Å². The highest BCUT2D eigenvalue weighted by atomic mass is 35.5. The number of rotatable bonds is 7. The molecular formula is C22H29ClN4O2+2. The molecule has 29 heavy (non-hydrogen) atoms. The van der Waals surface area contributed by atoms with Gasteiger partial charge in [0.15, 0.2) is 6.54 Å². The lowest BCUT2D eigenvalue weighted by molar-refractivity contribution is -1.02. The summed E-state index contributed by atoms with van der Waals surface area (Å²) in [6.45, 7) is 7.23. The number of piperazine rings is 1. The first-order valence-electron chi connectivity index (χ1n) is 9.93. The summed E-state index contributed by atoms with van der Waals surface area (Å²) in [6, 6.07) is 15.6. The number of quaternary nitrogens is 2. The van der Waals surface area contributed by atoms with Gasteiger partial charge in [-0.05, 0) is 25.1 Å². The van der Waals surface area contributed by atoms with Crippen LogP contribution in [0.4, 0.5) is 0 Å². The number of nitrogens with zero attached hydrogens (tertiary/aromatic N) is 1. The van der Waals surface area contributed by atoms with Gasteiger partial charge in [0.1, 0.15) is 38.5 Å². The molecule has 1 saturated heterocycles. The lowest BCUT2D eigenvalue weighted by atomic mass is 10.1. The number of benzene rings is 2. The fraction of sp³-hybridized carbons (Fsp3) is 0.364. The number of hydrogen-bond donors (Lipinski definition) is 3. The van der Waals surface area contributed by atoms with Crippen LogP contribution in [0.5, 0.6) is 5.75 Å². The molecule has 1 amide bonds. The number of hydrazone groups is 1. The van der Waals surface area contributed by atoms with Gasteiger partial charge in [0.05, 0.1) is 12.8 Å². The number of carbonyl (C=O) groups excluding carboxylic acids is 1. The first kappa shape index (κ1) is 21.3. The summed E-state index contributed by atoms with van der Waals surface area (Å²) in [5, 5.41) is 5.08. The molecule has 154 valence electrons. The van der Waals surface area contributed by atoms with E-state index >= 15 is 0 Å². The second kappa shape index (κ2) is 10.4. The van der Waals surface area contributed by atoms with Gasteiger partial charge in [-0.25, -0.2) is 5.43 Å². The van der Waals surface area contributed by atoms with Crippen LogP contribution in [0.15, 0.2) is 53.6 Å². The summed E-state index contributed by atoms with van der Waals surface area (Å²) in [5.74, 6) is 0.710. The van der Waals surface area contributed by atoms with Gasteiger partial charge in [-0.15, -0.1) is 0 Å². The van der Waals surface area contributed by atoms with Crippen LogP contribution in [-0.4, -0.2) is 51.5 Å². The molecule has 2 aromatic rings. The Labute approximate surface area is 177 Å². The Morgan fingerprint density at radius 1 is 1.10 bits per heavy atom. The largest absolute Gasteiger partial charge is 0.497 e. The third kappa shape index (κ3) is 6.29. The monoisotopic (exact) mass is 416 g/mol. The van der Waals surface area contributed by atoms with Crippen LogP contribution in [-0.2, 0) is 11.3 Å². The van der Waals surface area contributed by atoms with E-state index in [1.165, 1.54) is 15.4 Å². The van der Waals surface area contributed by atoms with Gasteiger partial charge >= 0.3 is 0 Å². The summed E-state index contributed by atoms with van der Waals surface area (Å²) in [4.78, 5) is 15.1. The minimum Gasteiger partial charge on any atom is -0.497 e. The molecule has 0 aromatic heterocycles. The molecule has 0 atom stereocenters. The molecule has 7 heteroatoms. The Balaban J connectivity index is 1.44. The van der Waals surface area contributed by atoms with Gasteiger partial charge in [-0.3, -0.25) is 4.79 Å². The molecule has 2 aromatic carbocycles. The normalized spacial score (nSPS) is 19.6. The van der Waals surface area contributed by atoms with Gasteiger partial charge in [-0.2, -0.15) is 5.10 Å². The standard InChI is InChI=1S/C22H27ClN4O2/c1-17(18-7-5-8-20(14-18)29-2)24-25-22(28)16-27-12-10-26(11-13-27)15-19-6-3-4-9-21(19)23/h3-9,14H,10-13,15-16H2,1-2H3,(H,25,28)/p+2/b24-17+. The zero-order valence-electron chi connectivity index (χ0n) is 17.0. The Kier molecular flexibility index (Phi) is 7.63. The van der Waals surface area contributed by atoms with Crippen molar-refractivity contribution in [3.05, 3.63) is 64.7 Å². The molecule has 1 aliphatic rings. The zero-order chi connectivity index (χ0) is 20.6. The van der Waals surface area contributed by atoms with E-state index in [1.807, 2.05) is 49.4 Å². The van der Waals surface area contributed by atoms with E-state index in [4.69, 9.17) is 16.3 Å². The second-order valence-electron chi connectivity index (χ2n) is 7.41. The van der Waals surface area contributed by atoms with Crippen LogP contribution in [0.3, 0.4) is 0 Å². The number of halogens is 1. The van der Waals surface area contributed by atoms with Crippen molar-refractivity contribution in [2.45, 2.75) is 13.5 Å². The van der Waals surface area contributed by atoms with Crippen LogP contribution in [0.2, 0.25) is 5.02 Å². The summed E-state index contributed by atoms with van der Waals surface area (Å²) in [5.41, 5.74) is 5.55. The number of hydrogen-bond acceptors (Lipinski definition) is 3. The number of ether oxygens (including phenoxy) is 1. The molecule has 1 fully saturated rings. The third-order valence-corrected chi connectivity index (χ3v) is 5.68. The molecular weight excluding hydrogens is 388 g/mol. The minimum absolute atomic E-state index is 0.0585. The molecule has 0 aliphatic carbocycles. The molecule has 1 aliphatic heterocycles. The van der Waals surface area contributed by atoms with Gasteiger partial charge in [0.2, 0.25) is 0 Å². The third-order valence-electron chi connectivity index (χ3n) is 5.31. The molecule has 6 nitrogen and oxygen atoms in total. The highest BCUT2D eigenvalue weighted by Gasteiger charge is 2.25. The molecule has 3 rings (SSSR count). The average Bonchev–Trinajstić information content (AvgIpc) is 2.75. The van der Waals surface area contributed by atoms with Crippen molar-refractivity contribution < 1.29 is 19.3 Å². The van der Waals surface area contributed by atoms with Gasteiger partial charge in [0, 0.05) is 16.1 Å². The summed E-state index contributed by atoms with van der Waals surface area (Å²) < 4.78 is 5.23. The fourth-order valence-corrected chi connectivity index (χ4v) is 3.75. The first-order chi connectivity index (χ1) is 14.0. The Morgan fingerprint density at radius 2 is 1.83 bits per heavy atom. The van der Waals surface area contributed by atoms with Gasteiger partial charge in [0.25, 0.3) is 5.91 Å². The number of nitrogens with one attached hydrogen (secondary N) is 3. The van der Waals surface area contributed by atoms with Crippen LogP contribution in [0, 0.1) is 0 Å². The van der Waals surface area contributed by atoms with Crippen molar-refractivity contribution in [3.8, 4) is 5.75 Å². The average molecular weight is 417 g/mol. The van der Waals surface area contributed by atoms with Crippen LogP contribution in [0.25, 0.3) is 0 Å². The van der Waals surface area contributed by atoms with Crippen LogP contribution in [0.1, 0.15) is 18.1 Å². The highest BCUT2D eigenvalue weighted by molar-refractivity contribution is 6.31. The summed E-state index contributed by atoms with van der Waals surface area (Å²) in [7, 11) is 1.63. The van der Waals surface area contributed by atoms with Crippen molar-refractivity contribution in [1.82, 2.24) is 5.43 Å². The Bertz CT molecular complexity index is 863. The van der Waals surface area contributed by atoms with Crippen molar-refractivity contribution in [2.75, 3.05) is 39.8 Å². The SMILES string of the molecule is COc1cccc(/C(C)=N/NC(=O)C[NH+]2CC[NH+](Cc3ccccc3Cl)CC2)c1. The van der Waals surface area contributed by atoms with E-state index in [-0.39, 0.29) is 5.91 Å². The lowest BCUT2D eigenvalue weighted by Crippen LogP contribution is -3.28. The second-order valence-corrected chi connectivity index (χ2v) is 7.82. The summed E-state index contributed by atoms with van der Waals surface area (Å²) in [6.07, 6.45) is 0. The molecule has 3 N–H and O–H groups in total. The van der Waals surface area contributed by atoms with Gasteiger partial charge < -0.3 is 14.5 Å². The highest BCUT2D eigenvalue weighted by Crippen LogP contribution is 2.14. The molecule has 0 radical (unpaired) electrons. The quantitative estimate of drug-likeness (QED) is 0.445. The maximum Gasteiger partial charge on any atom is 0.295 e. The maximum absolute atomic E-state index is 12.3. The van der Waals surface area contributed by atoms with Crippen LogP contribution >= 0.6 is 11.6 Å². The lowest BCUT2D eigenvalue weighted by Gasteiger charge is -2.29. The van der Waals surface area contributed by atoms with E-state index in [9.17, 15) is 4.79 Å². The predicted molar refractivity (Wildman–Crippen MR) is 115 cm³/mol. The van der Waals surface area contributed by atoms with E-state index in [0.717, 1.165) is 54.8 Å². The smallest absolute Gasteiger partial charge is 0.295 e. The minimum atomic E-state index is -0.0585. The topological polar surface area (TPSA) is 59.6 Å². The molecule has 0 unspecified atom stereocenters.